The highest BCUT2D eigenvalue weighted by Gasteiger charge is 2.42. The van der Waals surface area contributed by atoms with Crippen LogP contribution in [0.25, 0.3) is 0 Å². The standard InChI is InChI=1S/C18H29N3O4S/c1-11-7-5-8-15(12(11)2)19-18(22)16-9-6-10-21(16)26(23,24)17-13(3)20-25-14(17)4/h11-12,15-16H,5-10H2,1-4H3,(H,19,22)/t11-,12-,15+,16+/m0/s1. The number of aryl methyl sites for hydroxylation is 2. The Morgan fingerprint density at radius 1 is 1.19 bits per heavy atom. The van der Waals surface area contributed by atoms with E-state index in [-0.39, 0.29) is 22.6 Å². The van der Waals surface area contributed by atoms with Crippen LogP contribution >= 0.6 is 0 Å². The molecule has 1 saturated heterocycles. The zero-order valence-corrected chi connectivity index (χ0v) is 16.8. The van der Waals surface area contributed by atoms with Crippen LogP contribution in [0.5, 0.6) is 0 Å². The van der Waals surface area contributed by atoms with Crippen LogP contribution < -0.4 is 5.32 Å². The molecule has 7 nitrogen and oxygen atoms in total. The molecule has 1 aromatic rings. The van der Waals surface area contributed by atoms with Crippen LogP contribution in [0.4, 0.5) is 0 Å². The zero-order chi connectivity index (χ0) is 19.1. The molecule has 2 heterocycles. The van der Waals surface area contributed by atoms with Gasteiger partial charge in [-0.2, -0.15) is 4.31 Å². The third-order valence-electron chi connectivity index (χ3n) is 6.08. The number of carbonyl (C=O) groups excluding carboxylic acids is 1. The fraction of sp³-hybridized carbons (Fsp3) is 0.778. The van der Waals surface area contributed by atoms with E-state index in [0.29, 0.717) is 36.9 Å². The molecular weight excluding hydrogens is 354 g/mol. The minimum Gasteiger partial charge on any atom is -0.360 e. The number of sulfonamides is 1. The lowest BCUT2D eigenvalue weighted by atomic mass is 9.78. The summed E-state index contributed by atoms with van der Waals surface area (Å²) >= 11 is 0. The van der Waals surface area contributed by atoms with Gasteiger partial charge in [-0.1, -0.05) is 31.8 Å². The SMILES string of the molecule is Cc1noc(C)c1S(=O)(=O)N1CCC[C@@H]1C(=O)N[C@@H]1CCC[C@H](C)[C@@H]1C. The lowest BCUT2D eigenvalue weighted by Gasteiger charge is -2.35. The van der Waals surface area contributed by atoms with Gasteiger partial charge in [0.1, 0.15) is 16.6 Å². The lowest BCUT2D eigenvalue weighted by molar-refractivity contribution is -0.125. The Hall–Kier alpha value is -1.41. The molecule has 0 aromatic carbocycles. The Morgan fingerprint density at radius 3 is 2.58 bits per heavy atom. The molecule has 2 aliphatic rings. The van der Waals surface area contributed by atoms with Gasteiger partial charge in [-0.15, -0.1) is 0 Å². The third-order valence-corrected chi connectivity index (χ3v) is 8.23. The van der Waals surface area contributed by atoms with Crippen molar-refractivity contribution in [3.8, 4) is 0 Å². The lowest BCUT2D eigenvalue weighted by Crippen LogP contribution is -2.51. The summed E-state index contributed by atoms with van der Waals surface area (Å²) in [4.78, 5) is 13.0. The maximum absolute atomic E-state index is 13.1. The molecule has 146 valence electrons. The highest BCUT2D eigenvalue weighted by Crippen LogP contribution is 2.32. The smallest absolute Gasteiger partial charge is 0.249 e. The Kier molecular flexibility index (Phi) is 5.44. The van der Waals surface area contributed by atoms with Gasteiger partial charge in [0.2, 0.25) is 15.9 Å². The summed E-state index contributed by atoms with van der Waals surface area (Å²) in [6, 6.07) is -0.534. The molecule has 3 rings (SSSR count). The van der Waals surface area contributed by atoms with Crippen molar-refractivity contribution >= 4 is 15.9 Å². The van der Waals surface area contributed by atoms with Gasteiger partial charge >= 0.3 is 0 Å². The molecule has 1 amide bonds. The number of hydrogen-bond acceptors (Lipinski definition) is 5. The highest BCUT2D eigenvalue weighted by atomic mass is 32.2. The monoisotopic (exact) mass is 383 g/mol. The molecule has 1 N–H and O–H groups in total. The summed E-state index contributed by atoms with van der Waals surface area (Å²) in [5.74, 6) is 1.06. The van der Waals surface area contributed by atoms with E-state index in [1.165, 1.54) is 10.7 Å². The molecule has 0 radical (unpaired) electrons. The van der Waals surface area contributed by atoms with Gasteiger partial charge in [-0.3, -0.25) is 4.79 Å². The molecule has 0 unspecified atom stereocenters. The van der Waals surface area contributed by atoms with Gasteiger partial charge in [-0.05, 0) is 44.9 Å². The van der Waals surface area contributed by atoms with Gasteiger partial charge in [-0.25, -0.2) is 8.42 Å². The van der Waals surface area contributed by atoms with Crippen molar-refractivity contribution in [3.63, 3.8) is 0 Å². The van der Waals surface area contributed by atoms with Crippen LogP contribution in [0.3, 0.4) is 0 Å². The molecule has 1 aliphatic carbocycles. The molecular formula is C18H29N3O4S. The number of nitrogens with one attached hydrogen (secondary N) is 1. The van der Waals surface area contributed by atoms with E-state index in [2.05, 4.69) is 24.3 Å². The van der Waals surface area contributed by atoms with Gasteiger partial charge in [0.15, 0.2) is 5.76 Å². The largest absolute Gasteiger partial charge is 0.360 e. The predicted molar refractivity (Wildman–Crippen MR) is 97.0 cm³/mol. The summed E-state index contributed by atoms with van der Waals surface area (Å²) in [7, 11) is -3.80. The van der Waals surface area contributed by atoms with E-state index in [4.69, 9.17) is 4.52 Å². The first-order valence-corrected chi connectivity index (χ1v) is 10.9. The Balaban J connectivity index is 1.79. The van der Waals surface area contributed by atoms with E-state index in [9.17, 15) is 13.2 Å². The van der Waals surface area contributed by atoms with Crippen molar-refractivity contribution < 1.29 is 17.7 Å². The quantitative estimate of drug-likeness (QED) is 0.862. The van der Waals surface area contributed by atoms with Crippen molar-refractivity contribution in [2.45, 2.75) is 76.8 Å². The van der Waals surface area contributed by atoms with Gasteiger partial charge in [0.25, 0.3) is 0 Å². The number of carbonyl (C=O) groups is 1. The second kappa shape index (κ2) is 7.31. The Morgan fingerprint density at radius 2 is 1.92 bits per heavy atom. The van der Waals surface area contributed by atoms with Crippen LogP contribution in [0.15, 0.2) is 9.42 Å². The van der Waals surface area contributed by atoms with E-state index in [1.54, 1.807) is 13.8 Å². The summed E-state index contributed by atoms with van der Waals surface area (Å²) in [5.41, 5.74) is 0.336. The number of rotatable bonds is 4. The number of hydrogen-bond donors (Lipinski definition) is 1. The molecule has 1 aromatic heterocycles. The Bertz CT molecular complexity index is 754. The molecule has 8 heteroatoms. The normalized spacial score (nSPS) is 30.5. The Labute approximate surface area is 155 Å². The van der Waals surface area contributed by atoms with Crippen LogP contribution in [0.2, 0.25) is 0 Å². The first-order valence-electron chi connectivity index (χ1n) is 9.48. The third kappa shape index (κ3) is 3.41. The van der Waals surface area contributed by atoms with Gasteiger partial charge in [0.05, 0.1) is 0 Å². The van der Waals surface area contributed by atoms with Crippen molar-refractivity contribution in [1.29, 1.82) is 0 Å². The average molecular weight is 384 g/mol. The fourth-order valence-electron chi connectivity index (χ4n) is 4.31. The van der Waals surface area contributed by atoms with Crippen molar-refractivity contribution in [3.05, 3.63) is 11.5 Å². The van der Waals surface area contributed by atoms with Gasteiger partial charge < -0.3 is 9.84 Å². The maximum Gasteiger partial charge on any atom is 0.249 e. The van der Waals surface area contributed by atoms with Crippen molar-refractivity contribution in [2.24, 2.45) is 11.8 Å². The molecule has 26 heavy (non-hydrogen) atoms. The molecule has 0 spiro atoms. The second-order valence-corrected chi connectivity index (χ2v) is 9.64. The molecule has 4 atom stereocenters. The first-order chi connectivity index (χ1) is 12.2. The van der Waals surface area contributed by atoms with Gasteiger partial charge in [0, 0.05) is 12.6 Å². The van der Waals surface area contributed by atoms with Crippen LogP contribution in [0, 0.1) is 25.7 Å². The number of nitrogens with zero attached hydrogens (tertiary/aromatic N) is 2. The molecule has 2 fully saturated rings. The van der Waals surface area contributed by atoms with E-state index in [0.717, 1.165) is 12.8 Å². The van der Waals surface area contributed by atoms with Crippen LogP contribution in [-0.2, 0) is 14.8 Å². The van der Waals surface area contributed by atoms with E-state index < -0.39 is 16.1 Å². The minimum absolute atomic E-state index is 0.0943. The topological polar surface area (TPSA) is 92.5 Å². The first kappa shape index (κ1) is 19.4. The summed E-state index contributed by atoms with van der Waals surface area (Å²) in [5, 5.41) is 6.89. The molecule has 0 bridgehead atoms. The molecule has 1 saturated carbocycles. The van der Waals surface area contributed by atoms with E-state index in [1.807, 2.05) is 0 Å². The second-order valence-electron chi connectivity index (χ2n) is 7.81. The average Bonchev–Trinajstić information content (AvgIpc) is 3.19. The summed E-state index contributed by atoms with van der Waals surface area (Å²) in [6.45, 7) is 7.93. The van der Waals surface area contributed by atoms with Crippen molar-refractivity contribution in [2.75, 3.05) is 6.54 Å². The summed E-state index contributed by atoms with van der Waals surface area (Å²) in [6.07, 6.45) is 4.47. The van der Waals surface area contributed by atoms with Crippen LogP contribution in [0.1, 0.15) is 57.4 Å². The maximum atomic E-state index is 13.1. The van der Waals surface area contributed by atoms with E-state index >= 15 is 0 Å². The predicted octanol–water partition coefficient (Wildman–Crippen LogP) is 2.39. The number of amides is 1. The van der Waals surface area contributed by atoms with Crippen molar-refractivity contribution in [1.82, 2.24) is 14.8 Å². The number of aromatic nitrogens is 1. The summed E-state index contributed by atoms with van der Waals surface area (Å²) < 4.78 is 32.6. The fourth-order valence-corrected chi connectivity index (χ4v) is 6.27. The zero-order valence-electron chi connectivity index (χ0n) is 16.0. The van der Waals surface area contributed by atoms with Crippen LogP contribution in [-0.4, -0.2) is 42.4 Å². The minimum atomic E-state index is -3.80. The highest BCUT2D eigenvalue weighted by molar-refractivity contribution is 7.89. The molecule has 1 aliphatic heterocycles.